The molecule has 1 fully saturated rings. The highest BCUT2D eigenvalue weighted by atomic mass is 32.2. The SMILES string of the molecule is CSCC[C@@H](NC(C)=O)C(=O)N1CCCC[C@H](c2ccccc2)C1. The molecule has 1 aliphatic heterocycles. The highest BCUT2D eigenvalue weighted by Gasteiger charge is 2.28. The van der Waals surface area contributed by atoms with Gasteiger partial charge in [-0.1, -0.05) is 36.8 Å². The third-order valence-corrected chi connectivity index (χ3v) is 5.18. The van der Waals surface area contributed by atoms with Crippen molar-refractivity contribution < 1.29 is 9.59 Å². The summed E-state index contributed by atoms with van der Waals surface area (Å²) in [6.45, 7) is 3.02. The number of thioether (sulfide) groups is 1. The molecule has 2 amide bonds. The van der Waals surface area contributed by atoms with E-state index in [1.165, 1.54) is 12.5 Å². The van der Waals surface area contributed by atoms with Crippen molar-refractivity contribution in [3.05, 3.63) is 35.9 Å². The Morgan fingerprint density at radius 1 is 1.29 bits per heavy atom. The molecule has 2 rings (SSSR count). The van der Waals surface area contributed by atoms with E-state index < -0.39 is 6.04 Å². The van der Waals surface area contributed by atoms with Crippen molar-refractivity contribution in [1.82, 2.24) is 10.2 Å². The predicted molar refractivity (Wildman–Crippen MR) is 100 cm³/mol. The van der Waals surface area contributed by atoms with Gasteiger partial charge in [0.05, 0.1) is 0 Å². The van der Waals surface area contributed by atoms with E-state index in [9.17, 15) is 9.59 Å². The first-order chi connectivity index (χ1) is 11.6. The lowest BCUT2D eigenvalue weighted by atomic mass is 9.94. The maximum atomic E-state index is 13.0. The summed E-state index contributed by atoms with van der Waals surface area (Å²) in [5.41, 5.74) is 1.30. The van der Waals surface area contributed by atoms with E-state index in [1.54, 1.807) is 11.8 Å². The number of likely N-dealkylation sites (tertiary alicyclic amines) is 1. The van der Waals surface area contributed by atoms with Gasteiger partial charge in [0, 0.05) is 25.9 Å². The number of carbonyl (C=O) groups excluding carboxylic acids is 2. The van der Waals surface area contributed by atoms with Crippen LogP contribution in [-0.4, -0.2) is 47.9 Å². The summed E-state index contributed by atoms with van der Waals surface area (Å²) in [5.74, 6) is 1.19. The van der Waals surface area contributed by atoms with Crippen LogP contribution in [0.5, 0.6) is 0 Å². The Morgan fingerprint density at radius 3 is 2.71 bits per heavy atom. The van der Waals surface area contributed by atoms with Crippen molar-refractivity contribution in [3.63, 3.8) is 0 Å². The van der Waals surface area contributed by atoms with Crippen LogP contribution in [0.1, 0.15) is 44.1 Å². The van der Waals surface area contributed by atoms with E-state index in [2.05, 4.69) is 29.6 Å². The van der Waals surface area contributed by atoms with Crippen LogP contribution < -0.4 is 5.32 Å². The third kappa shape index (κ3) is 5.55. The largest absolute Gasteiger partial charge is 0.345 e. The fourth-order valence-corrected chi connectivity index (χ4v) is 3.77. The van der Waals surface area contributed by atoms with E-state index in [0.29, 0.717) is 12.3 Å². The normalized spacial score (nSPS) is 19.4. The molecule has 0 spiro atoms. The number of carbonyl (C=O) groups is 2. The number of nitrogens with zero attached hydrogens (tertiary/aromatic N) is 1. The van der Waals surface area contributed by atoms with Gasteiger partial charge in [-0.05, 0) is 36.8 Å². The van der Waals surface area contributed by atoms with Crippen LogP contribution in [0.2, 0.25) is 0 Å². The highest BCUT2D eigenvalue weighted by molar-refractivity contribution is 7.98. The van der Waals surface area contributed by atoms with Gasteiger partial charge < -0.3 is 10.2 Å². The molecule has 1 saturated heterocycles. The molecule has 4 nitrogen and oxygen atoms in total. The van der Waals surface area contributed by atoms with Gasteiger partial charge in [-0.2, -0.15) is 11.8 Å². The van der Waals surface area contributed by atoms with E-state index in [4.69, 9.17) is 0 Å². The van der Waals surface area contributed by atoms with Gasteiger partial charge in [0.25, 0.3) is 0 Å². The third-order valence-electron chi connectivity index (χ3n) is 4.54. The fourth-order valence-electron chi connectivity index (χ4n) is 3.30. The molecule has 0 saturated carbocycles. The first kappa shape index (κ1) is 18.8. The molecule has 0 bridgehead atoms. The van der Waals surface area contributed by atoms with Gasteiger partial charge in [-0.15, -0.1) is 0 Å². The molecule has 0 aliphatic carbocycles. The van der Waals surface area contributed by atoms with Gasteiger partial charge in [0.15, 0.2) is 0 Å². The second kappa shape index (κ2) is 9.72. The number of amides is 2. The molecule has 1 aromatic carbocycles. The Morgan fingerprint density at radius 2 is 2.04 bits per heavy atom. The van der Waals surface area contributed by atoms with Crippen LogP contribution in [-0.2, 0) is 9.59 Å². The summed E-state index contributed by atoms with van der Waals surface area (Å²) >= 11 is 1.70. The van der Waals surface area contributed by atoms with Crippen LogP contribution >= 0.6 is 11.8 Å². The second-order valence-corrected chi connectivity index (χ2v) is 7.41. The maximum Gasteiger partial charge on any atom is 0.245 e. The minimum absolute atomic E-state index is 0.0714. The minimum atomic E-state index is -0.399. The summed E-state index contributed by atoms with van der Waals surface area (Å²) < 4.78 is 0. The molecule has 1 aliphatic rings. The average molecular weight is 349 g/mol. The van der Waals surface area contributed by atoms with Crippen LogP contribution in [0.3, 0.4) is 0 Å². The van der Waals surface area contributed by atoms with Crippen LogP contribution in [0.25, 0.3) is 0 Å². The molecule has 1 N–H and O–H groups in total. The maximum absolute atomic E-state index is 13.0. The van der Waals surface area contributed by atoms with Crippen molar-refractivity contribution in [2.24, 2.45) is 0 Å². The van der Waals surface area contributed by atoms with Crippen LogP contribution in [0, 0.1) is 0 Å². The smallest absolute Gasteiger partial charge is 0.245 e. The summed E-state index contributed by atoms with van der Waals surface area (Å²) in [4.78, 5) is 26.4. The van der Waals surface area contributed by atoms with Crippen molar-refractivity contribution in [1.29, 1.82) is 0 Å². The van der Waals surface area contributed by atoms with Gasteiger partial charge in [-0.25, -0.2) is 0 Å². The van der Waals surface area contributed by atoms with E-state index >= 15 is 0 Å². The number of hydrogen-bond donors (Lipinski definition) is 1. The van der Waals surface area contributed by atoms with E-state index in [1.807, 2.05) is 17.2 Å². The Hall–Kier alpha value is -1.49. The Balaban J connectivity index is 2.08. The second-order valence-electron chi connectivity index (χ2n) is 6.42. The zero-order chi connectivity index (χ0) is 17.4. The number of hydrogen-bond acceptors (Lipinski definition) is 3. The lowest BCUT2D eigenvalue weighted by Crippen LogP contribution is -2.49. The predicted octanol–water partition coefficient (Wildman–Crippen LogP) is 3.04. The van der Waals surface area contributed by atoms with Crippen LogP contribution in [0.15, 0.2) is 30.3 Å². The molecular formula is C19H28N2O2S. The molecule has 132 valence electrons. The monoisotopic (exact) mass is 348 g/mol. The topological polar surface area (TPSA) is 49.4 Å². The number of benzene rings is 1. The Kier molecular flexibility index (Phi) is 7.63. The first-order valence-electron chi connectivity index (χ1n) is 8.71. The van der Waals surface area contributed by atoms with Crippen LogP contribution in [0.4, 0.5) is 0 Å². The van der Waals surface area contributed by atoms with E-state index in [0.717, 1.165) is 38.1 Å². The molecule has 0 unspecified atom stereocenters. The molecule has 0 aromatic heterocycles. The standard InChI is InChI=1S/C19H28N2O2S/c1-15(22)20-18(11-13-24-2)19(23)21-12-7-6-10-17(14-21)16-8-4-3-5-9-16/h3-5,8-9,17-18H,6-7,10-14H2,1-2H3,(H,20,22)/t17-,18+/m0/s1. The summed E-state index contributed by atoms with van der Waals surface area (Å²) in [6, 6.07) is 10.0. The molecule has 5 heteroatoms. The highest BCUT2D eigenvalue weighted by Crippen LogP contribution is 2.26. The number of nitrogens with one attached hydrogen (secondary N) is 1. The molecule has 2 atom stereocenters. The summed E-state index contributed by atoms with van der Waals surface area (Å²) in [7, 11) is 0. The average Bonchev–Trinajstić information content (AvgIpc) is 2.84. The van der Waals surface area contributed by atoms with Crippen molar-refractivity contribution in [2.45, 2.75) is 44.6 Å². The summed E-state index contributed by atoms with van der Waals surface area (Å²) in [5, 5.41) is 2.84. The molecule has 24 heavy (non-hydrogen) atoms. The lowest BCUT2D eigenvalue weighted by Gasteiger charge is -2.29. The lowest BCUT2D eigenvalue weighted by molar-refractivity contribution is -0.136. The molecule has 1 aromatic rings. The Labute approximate surface area is 149 Å². The van der Waals surface area contributed by atoms with Gasteiger partial charge in [-0.3, -0.25) is 9.59 Å². The zero-order valence-corrected chi connectivity index (χ0v) is 15.5. The van der Waals surface area contributed by atoms with Crippen molar-refractivity contribution >= 4 is 23.6 Å². The van der Waals surface area contributed by atoms with Crippen molar-refractivity contribution in [2.75, 3.05) is 25.1 Å². The fraction of sp³-hybridized carbons (Fsp3) is 0.579. The van der Waals surface area contributed by atoms with Gasteiger partial charge >= 0.3 is 0 Å². The minimum Gasteiger partial charge on any atom is -0.345 e. The Bertz CT molecular complexity index is 535. The quantitative estimate of drug-likeness (QED) is 0.860. The number of rotatable bonds is 6. The first-order valence-corrected chi connectivity index (χ1v) is 10.1. The molecule has 0 radical (unpaired) electrons. The molecule has 1 heterocycles. The van der Waals surface area contributed by atoms with E-state index in [-0.39, 0.29) is 11.8 Å². The van der Waals surface area contributed by atoms with Crippen molar-refractivity contribution in [3.8, 4) is 0 Å². The summed E-state index contributed by atoms with van der Waals surface area (Å²) in [6.07, 6.45) is 5.99. The molecular weight excluding hydrogens is 320 g/mol. The van der Waals surface area contributed by atoms with Gasteiger partial charge in [0.1, 0.15) is 6.04 Å². The zero-order valence-electron chi connectivity index (χ0n) is 14.7. The van der Waals surface area contributed by atoms with Gasteiger partial charge in [0.2, 0.25) is 11.8 Å².